The van der Waals surface area contributed by atoms with Crippen molar-refractivity contribution in [2.45, 2.75) is 19.3 Å². The summed E-state index contributed by atoms with van der Waals surface area (Å²) in [6.45, 7) is 4.65. The van der Waals surface area contributed by atoms with Crippen molar-refractivity contribution < 1.29 is 4.42 Å². The van der Waals surface area contributed by atoms with Gasteiger partial charge in [0.1, 0.15) is 11.2 Å². The maximum atomic E-state index is 6.86. The third kappa shape index (κ3) is 3.67. The average molecular weight is 602 g/mol. The van der Waals surface area contributed by atoms with Gasteiger partial charge in [0, 0.05) is 27.1 Å². The van der Waals surface area contributed by atoms with Gasteiger partial charge in [0.25, 0.3) is 0 Å². The molecular formula is C45H31NO. The SMILES string of the molecule is CC1(C)c2ccccc2-c2ccc3c(oc4cccc(-n5c6ccccc6c6ccc(-c7cccc(-c8ccccc8)c7)cc65)c43)c21. The van der Waals surface area contributed by atoms with Gasteiger partial charge in [-0.05, 0) is 75.3 Å². The van der Waals surface area contributed by atoms with Crippen LogP contribution in [0.2, 0.25) is 0 Å². The Morgan fingerprint density at radius 3 is 2.06 bits per heavy atom. The number of nitrogens with zero attached hydrogens (tertiary/aromatic N) is 1. The second-order valence-electron chi connectivity index (χ2n) is 13.3. The predicted octanol–water partition coefficient (Wildman–Crippen LogP) is 12.3. The molecule has 0 N–H and O–H groups in total. The molecule has 0 saturated heterocycles. The molecule has 0 atom stereocenters. The number of hydrogen-bond acceptors (Lipinski definition) is 1. The maximum Gasteiger partial charge on any atom is 0.140 e. The zero-order valence-electron chi connectivity index (χ0n) is 26.3. The standard InChI is InChI=1S/C45H31NO/c1-45(2)37-18-8-6-16-32(37)35-24-25-36-42-39(20-11-21-41(42)47-44(36)43(35)45)46-38-19-9-7-17-33(38)34-23-22-31(27-40(34)46)30-15-10-14-29(26-30)28-12-4-3-5-13-28/h3-27H,1-2H3. The first-order valence-corrected chi connectivity index (χ1v) is 16.4. The van der Waals surface area contributed by atoms with Crippen LogP contribution in [0.5, 0.6) is 0 Å². The summed E-state index contributed by atoms with van der Waals surface area (Å²) in [6, 6.07) is 55.0. The van der Waals surface area contributed by atoms with Crippen molar-refractivity contribution in [2.24, 2.45) is 0 Å². The lowest BCUT2D eigenvalue weighted by molar-refractivity contribution is 0.620. The molecule has 0 unspecified atom stereocenters. The van der Waals surface area contributed by atoms with Crippen molar-refractivity contribution in [1.82, 2.24) is 4.57 Å². The van der Waals surface area contributed by atoms with Crippen LogP contribution in [-0.2, 0) is 5.41 Å². The van der Waals surface area contributed by atoms with E-state index in [0.717, 1.165) is 27.6 Å². The summed E-state index contributed by atoms with van der Waals surface area (Å²) in [4.78, 5) is 0. The van der Waals surface area contributed by atoms with Crippen LogP contribution in [0.1, 0.15) is 25.0 Å². The zero-order valence-corrected chi connectivity index (χ0v) is 26.3. The Labute approximate surface area is 273 Å². The van der Waals surface area contributed by atoms with E-state index >= 15 is 0 Å². The van der Waals surface area contributed by atoms with Crippen LogP contribution in [0.3, 0.4) is 0 Å². The Bertz CT molecular complexity index is 2700. The van der Waals surface area contributed by atoms with Gasteiger partial charge in [0.2, 0.25) is 0 Å². The van der Waals surface area contributed by atoms with E-state index in [0.29, 0.717) is 0 Å². The molecule has 0 radical (unpaired) electrons. The third-order valence-electron chi connectivity index (χ3n) is 10.4. The summed E-state index contributed by atoms with van der Waals surface area (Å²) in [6.07, 6.45) is 0. The summed E-state index contributed by atoms with van der Waals surface area (Å²) in [5.74, 6) is 0. The largest absolute Gasteiger partial charge is 0.456 e. The van der Waals surface area contributed by atoms with Crippen LogP contribution in [0.4, 0.5) is 0 Å². The number of hydrogen-bond donors (Lipinski definition) is 0. The van der Waals surface area contributed by atoms with E-state index in [9.17, 15) is 0 Å². The van der Waals surface area contributed by atoms with Gasteiger partial charge in [0.15, 0.2) is 0 Å². The molecule has 2 aromatic heterocycles. The Morgan fingerprint density at radius 2 is 1.17 bits per heavy atom. The summed E-state index contributed by atoms with van der Waals surface area (Å²) in [7, 11) is 0. The van der Waals surface area contributed by atoms with Gasteiger partial charge in [-0.2, -0.15) is 0 Å². The van der Waals surface area contributed by atoms with E-state index in [2.05, 4.69) is 170 Å². The van der Waals surface area contributed by atoms with Gasteiger partial charge in [-0.25, -0.2) is 0 Å². The first-order valence-electron chi connectivity index (χ1n) is 16.4. The predicted molar refractivity (Wildman–Crippen MR) is 196 cm³/mol. The second-order valence-corrected chi connectivity index (χ2v) is 13.3. The van der Waals surface area contributed by atoms with Gasteiger partial charge >= 0.3 is 0 Å². The van der Waals surface area contributed by atoms with Gasteiger partial charge in [-0.3, -0.25) is 0 Å². The summed E-state index contributed by atoms with van der Waals surface area (Å²) in [5.41, 5.74) is 15.3. The van der Waals surface area contributed by atoms with Gasteiger partial charge in [-0.15, -0.1) is 0 Å². The number of aromatic nitrogens is 1. The van der Waals surface area contributed by atoms with Crippen molar-refractivity contribution in [2.75, 3.05) is 0 Å². The Hall–Kier alpha value is -5.86. The molecule has 0 amide bonds. The van der Waals surface area contributed by atoms with Crippen molar-refractivity contribution >= 4 is 43.7 Å². The van der Waals surface area contributed by atoms with Crippen LogP contribution in [0.15, 0.2) is 156 Å². The monoisotopic (exact) mass is 601 g/mol. The van der Waals surface area contributed by atoms with Crippen molar-refractivity contribution in [3.8, 4) is 39.1 Å². The van der Waals surface area contributed by atoms with E-state index in [1.807, 2.05) is 0 Å². The summed E-state index contributed by atoms with van der Waals surface area (Å²) < 4.78 is 9.30. The minimum Gasteiger partial charge on any atom is -0.456 e. The molecule has 0 saturated carbocycles. The van der Waals surface area contributed by atoms with E-state index < -0.39 is 0 Å². The highest BCUT2D eigenvalue weighted by Crippen LogP contribution is 2.53. The lowest BCUT2D eigenvalue weighted by Gasteiger charge is -2.21. The molecule has 0 spiro atoms. The first kappa shape index (κ1) is 26.4. The molecule has 2 heteroatoms. The number of para-hydroxylation sites is 1. The molecule has 47 heavy (non-hydrogen) atoms. The number of furan rings is 1. The molecule has 9 aromatic rings. The number of fused-ring (bicyclic) bond motifs is 10. The van der Waals surface area contributed by atoms with Gasteiger partial charge < -0.3 is 8.98 Å². The first-order chi connectivity index (χ1) is 23.1. The van der Waals surface area contributed by atoms with Crippen LogP contribution < -0.4 is 0 Å². The van der Waals surface area contributed by atoms with Gasteiger partial charge in [-0.1, -0.05) is 129 Å². The van der Waals surface area contributed by atoms with Crippen molar-refractivity contribution in [3.63, 3.8) is 0 Å². The molecule has 0 aliphatic heterocycles. The van der Waals surface area contributed by atoms with Crippen molar-refractivity contribution in [1.29, 1.82) is 0 Å². The quantitative estimate of drug-likeness (QED) is 0.197. The second kappa shape index (κ2) is 9.57. The zero-order chi connectivity index (χ0) is 31.3. The highest BCUT2D eigenvalue weighted by Gasteiger charge is 2.38. The molecule has 0 fully saturated rings. The molecule has 222 valence electrons. The fourth-order valence-electron chi connectivity index (χ4n) is 8.22. The lowest BCUT2D eigenvalue weighted by Crippen LogP contribution is -2.15. The van der Waals surface area contributed by atoms with E-state index in [4.69, 9.17) is 4.42 Å². The topological polar surface area (TPSA) is 18.1 Å². The molecule has 2 heterocycles. The fourth-order valence-corrected chi connectivity index (χ4v) is 8.22. The van der Waals surface area contributed by atoms with Crippen molar-refractivity contribution in [3.05, 3.63) is 163 Å². The molecule has 7 aromatic carbocycles. The Morgan fingerprint density at radius 1 is 0.489 bits per heavy atom. The molecule has 2 nitrogen and oxygen atoms in total. The molecule has 1 aliphatic carbocycles. The molecule has 0 bridgehead atoms. The minimum absolute atomic E-state index is 0.157. The third-order valence-corrected chi connectivity index (χ3v) is 10.4. The number of rotatable bonds is 3. The lowest BCUT2D eigenvalue weighted by atomic mass is 9.82. The van der Waals surface area contributed by atoms with Crippen LogP contribution in [-0.4, -0.2) is 4.57 Å². The molecular weight excluding hydrogens is 571 g/mol. The summed E-state index contributed by atoms with van der Waals surface area (Å²) >= 11 is 0. The van der Waals surface area contributed by atoms with E-state index in [-0.39, 0.29) is 5.41 Å². The average Bonchev–Trinajstić information content (AvgIpc) is 3.74. The molecule has 10 rings (SSSR count). The summed E-state index contributed by atoms with van der Waals surface area (Å²) in [5, 5.41) is 4.80. The smallest absolute Gasteiger partial charge is 0.140 e. The normalized spacial score (nSPS) is 13.5. The van der Waals surface area contributed by atoms with E-state index in [1.165, 1.54) is 66.3 Å². The van der Waals surface area contributed by atoms with E-state index in [1.54, 1.807) is 0 Å². The highest BCUT2D eigenvalue weighted by atomic mass is 16.3. The Balaban J connectivity index is 1.24. The maximum absolute atomic E-state index is 6.86. The number of benzene rings is 7. The molecule has 1 aliphatic rings. The fraction of sp³-hybridized carbons (Fsp3) is 0.0667. The van der Waals surface area contributed by atoms with Gasteiger partial charge in [0.05, 0.1) is 22.1 Å². The minimum atomic E-state index is -0.157. The van der Waals surface area contributed by atoms with Crippen LogP contribution in [0.25, 0.3) is 82.8 Å². The highest BCUT2D eigenvalue weighted by molar-refractivity contribution is 6.16. The van der Waals surface area contributed by atoms with Crippen LogP contribution in [0, 0.1) is 0 Å². The Kier molecular flexibility index (Phi) is 5.37. The van der Waals surface area contributed by atoms with Crippen LogP contribution >= 0.6 is 0 Å².